The smallest absolute Gasteiger partial charge is 0.141 e. The predicted octanol–water partition coefficient (Wildman–Crippen LogP) is 4.54. The van der Waals surface area contributed by atoms with Crippen LogP contribution in [0.5, 0.6) is 0 Å². The highest BCUT2D eigenvalue weighted by atomic mass is 35.5. The summed E-state index contributed by atoms with van der Waals surface area (Å²) in [5.41, 5.74) is 0.655. The first-order valence-corrected chi connectivity index (χ1v) is 6.64. The van der Waals surface area contributed by atoms with Crippen LogP contribution in [0, 0.1) is 5.82 Å². The number of aromatic nitrogens is 2. The van der Waals surface area contributed by atoms with Crippen molar-refractivity contribution in [2.75, 3.05) is 5.32 Å². The van der Waals surface area contributed by atoms with E-state index in [0.717, 1.165) is 18.7 Å². The minimum absolute atomic E-state index is 0.0626. The lowest BCUT2D eigenvalue weighted by atomic mass is 10.3. The quantitative estimate of drug-likeness (QED) is 0.845. The highest BCUT2D eigenvalue weighted by Gasteiger charge is 2.27. The molecule has 3 rings (SSSR count). The molecule has 1 aromatic heterocycles. The van der Waals surface area contributed by atoms with Crippen LogP contribution in [-0.4, -0.2) is 9.97 Å². The van der Waals surface area contributed by atoms with E-state index in [1.807, 2.05) is 0 Å². The van der Waals surface area contributed by atoms with Crippen molar-refractivity contribution in [3.05, 3.63) is 46.1 Å². The zero-order valence-electron chi connectivity index (χ0n) is 9.83. The monoisotopic (exact) mass is 297 g/mol. The van der Waals surface area contributed by atoms with E-state index >= 15 is 0 Å². The molecule has 2 aromatic rings. The van der Waals surface area contributed by atoms with Gasteiger partial charge in [0.2, 0.25) is 0 Å². The van der Waals surface area contributed by atoms with Gasteiger partial charge in [-0.1, -0.05) is 23.2 Å². The van der Waals surface area contributed by atoms with Crippen LogP contribution >= 0.6 is 23.2 Å². The third kappa shape index (κ3) is 2.96. The summed E-state index contributed by atoms with van der Waals surface area (Å²) in [6.45, 7) is 0. The van der Waals surface area contributed by atoms with Crippen LogP contribution in [0.25, 0.3) is 0 Å². The number of benzene rings is 1. The van der Waals surface area contributed by atoms with Gasteiger partial charge in [-0.25, -0.2) is 14.4 Å². The maximum atomic E-state index is 13.1. The van der Waals surface area contributed by atoms with Crippen molar-refractivity contribution in [3.63, 3.8) is 0 Å². The molecule has 0 amide bonds. The van der Waals surface area contributed by atoms with E-state index in [2.05, 4.69) is 15.3 Å². The van der Waals surface area contributed by atoms with E-state index in [0.29, 0.717) is 22.6 Å². The van der Waals surface area contributed by atoms with Gasteiger partial charge in [-0.05, 0) is 31.0 Å². The van der Waals surface area contributed by atoms with Crippen LogP contribution in [0.3, 0.4) is 0 Å². The molecule has 1 N–H and O–H groups in total. The van der Waals surface area contributed by atoms with Crippen LogP contribution < -0.4 is 5.32 Å². The fraction of sp³-hybridized carbons (Fsp3) is 0.231. The van der Waals surface area contributed by atoms with Gasteiger partial charge in [0.1, 0.15) is 22.6 Å². The Balaban J connectivity index is 1.87. The molecule has 6 heteroatoms. The molecule has 1 aliphatic rings. The second-order valence-electron chi connectivity index (χ2n) is 4.46. The van der Waals surface area contributed by atoms with Crippen molar-refractivity contribution in [1.29, 1.82) is 0 Å². The number of nitrogens with one attached hydrogen (secondary N) is 1. The first-order valence-electron chi connectivity index (χ1n) is 5.88. The average molecular weight is 298 g/mol. The topological polar surface area (TPSA) is 37.8 Å². The van der Waals surface area contributed by atoms with E-state index in [9.17, 15) is 4.39 Å². The summed E-state index contributed by atoms with van der Waals surface area (Å²) in [4.78, 5) is 8.60. The fourth-order valence-electron chi connectivity index (χ4n) is 1.75. The van der Waals surface area contributed by atoms with E-state index in [-0.39, 0.29) is 5.02 Å². The molecular weight excluding hydrogens is 288 g/mol. The zero-order chi connectivity index (χ0) is 13.4. The number of nitrogens with zero attached hydrogens (tertiary/aromatic N) is 2. The molecular formula is C13H10Cl2FN3. The molecule has 0 saturated heterocycles. The molecule has 0 spiro atoms. The maximum Gasteiger partial charge on any atom is 0.141 e. The molecule has 1 fully saturated rings. The van der Waals surface area contributed by atoms with Gasteiger partial charge in [0, 0.05) is 17.7 Å². The Morgan fingerprint density at radius 3 is 2.63 bits per heavy atom. The van der Waals surface area contributed by atoms with Crippen molar-refractivity contribution in [1.82, 2.24) is 9.97 Å². The summed E-state index contributed by atoms with van der Waals surface area (Å²) in [7, 11) is 0. The summed E-state index contributed by atoms with van der Waals surface area (Å²) in [6, 6.07) is 6.03. The van der Waals surface area contributed by atoms with Gasteiger partial charge in [-0.3, -0.25) is 0 Å². The second kappa shape index (κ2) is 4.94. The maximum absolute atomic E-state index is 13.1. The lowest BCUT2D eigenvalue weighted by molar-refractivity contribution is 0.628. The Labute approximate surface area is 119 Å². The SMILES string of the molecule is Fc1ccc(Nc2cc(Cl)nc(C3CC3)n2)cc1Cl. The minimum atomic E-state index is -0.452. The van der Waals surface area contributed by atoms with Gasteiger partial charge in [-0.15, -0.1) is 0 Å². The van der Waals surface area contributed by atoms with Crippen LogP contribution in [0.4, 0.5) is 15.9 Å². The third-order valence-corrected chi connectivity index (χ3v) is 3.33. The highest BCUT2D eigenvalue weighted by Crippen LogP contribution is 2.39. The third-order valence-electron chi connectivity index (χ3n) is 2.85. The van der Waals surface area contributed by atoms with Crippen molar-refractivity contribution in [2.45, 2.75) is 18.8 Å². The fourth-order valence-corrected chi connectivity index (χ4v) is 2.12. The molecule has 98 valence electrons. The molecule has 1 aliphatic carbocycles. The largest absolute Gasteiger partial charge is 0.340 e. The average Bonchev–Trinajstić information content (AvgIpc) is 3.17. The Bertz CT molecular complexity index is 629. The first-order chi connectivity index (χ1) is 9.11. The number of rotatable bonds is 3. The molecule has 0 radical (unpaired) electrons. The highest BCUT2D eigenvalue weighted by molar-refractivity contribution is 6.31. The standard InChI is InChI=1S/C13H10Cl2FN3/c14-9-5-8(3-4-10(9)16)17-12-6-11(15)18-13(19-12)7-1-2-7/h3-7H,1-2H2,(H,17,18,19). The summed E-state index contributed by atoms with van der Waals surface area (Å²) in [6.07, 6.45) is 2.20. The van der Waals surface area contributed by atoms with E-state index in [1.165, 1.54) is 12.1 Å². The van der Waals surface area contributed by atoms with Crippen LogP contribution in [-0.2, 0) is 0 Å². The Hall–Kier alpha value is -1.39. The molecule has 1 saturated carbocycles. The lowest BCUT2D eigenvalue weighted by Gasteiger charge is -2.08. The van der Waals surface area contributed by atoms with Crippen LogP contribution in [0.2, 0.25) is 10.2 Å². The molecule has 3 nitrogen and oxygen atoms in total. The molecule has 0 aliphatic heterocycles. The molecule has 0 atom stereocenters. The summed E-state index contributed by atoms with van der Waals surface area (Å²) in [5.74, 6) is 1.30. The van der Waals surface area contributed by atoms with Crippen molar-refractivity contribution in [3.8, 4) is 0 Å². The summed E-state index contributed by atoms with van der Waals surface area (Å²) >= 11 is 11.7. The molecule has 19 heavy (non-hydrogen) atoms. The van der Waals surface area contributed by atoms with Gasteiger partial charge >= 0.3 is 0 Å². The normalized spacial score (nSPS) is 14.5. The van der Waals surface area contributed by atoms with Gasteiger partial charge in [0.15, 0.2) is 0 Å². The van der Waals surface area contributed by atoms with Gasteiger partial charge in [0.05, 0.1) is 5.02 Å². The van der Waals surface area contributed by atoms with Gasteiger partial charge in [0.25, 0.3) is 0 Å². The predicted molar refractivity (Wildman–Crippen MR) is 73.7 cm³/mol. The van der Waals surface area contributed by atoms with Crippen LogP contribution in [0.1, 0.15) is 24.6 Å². The molecule has 1 aromatic carbocycles. The van der Waals surface area contributed by atoms with E-state index < -0.39 is 5.82 Å². The molecule has 1 heterocycles. The van der Waals surface area contributed by atoms with E-state index in [1.54, 1.807) is 12.1 Å². The number of halogens is 3. The summed E-state index contributed by atoms with van der Waals surface area (Å²) < 4.78 is 13.1. The second-order valence-corrected chi connectivity index (χ2v) is 5.26. The minimum Gasteiger partial charge on any atom is -0.340 e. The van der Waals surface area contributed by atoms with Crippen LogP contribution in [0.15, 0.2) is 24.3 Å². The first kappa shape index (κ1) is 12.6. The summed E-state index contributed by atoms with van der Waals surface area (Å²) in [5, 5.41) is 3.51. The Morgan fingerprint density at radius 1 is 1.16 bits per heavy atom. The van der Waals surface area contributed by atoms with Crippen molar-refractivity contribution < 1.29 is 4.39 Å². The Kier molecular flexibility index (Phi) is 3.29. The Morgan fingerprint density at radius 2 is 1.95 bits per heavy atom. The van der Waals surface area contributed by atoms with Crippen molar-refractivity contribution in [2.24, 2.45) is 0 Å². The lowest BCUT2D eigenvalue weighted by Crippen LogP contribution is -1.99. The van der Waals surface area contributed by atoms with Crippen molar-refractivity contribution >= 4 is 34.7 Å². The number of hydrogen-bond donors (Lipinski definition) is 1. The van der Waals surface area contributed by atoms with Gasteiger partial charge < -0.3 is 5.32 Å². The van der Waals surface area contributed by atoms with E-state index in [4.69, 9.17) is 23.2 Å². The zero-order valence-corrected chi connectivity index (χ0v) is 11.3. The molecule has 0 bridgehead atoms. The van der Waals surface area contributed by atoms with Gasteiger partial charge in [-0.2, -0.15) is 0 Å². The molecule has 0 unspecified atom stereocenters. The number of hydrogen-bond acceptors (Lipinski definition) is 3. The number of anilines is 2.